The topological polar surface area (TPSA) is 411 Å². The quantitative estimate of drug-likeness (QED) is 0.0238. The Hall–Kier alpha value is -9.22. The van der Waals surface area contributed by atoms with Crippen molar-refractivity contribution in [3.63, 3.8) is 0 Å². The summed E-state index contributed by atoms with van der Waals surface area (Å²) in [5.74, 6) is -7.63. The minimum absolute atomic E-state index is 0.00715. The van der Waals surface area contributed by atoms with Gasteiger partial charge in [-0.3, -0.25) is 62.5 Å². The largest absolute Gasteiger partial charge is 0.431 e. The van der Waals surface area contributed by atoms with Crippen molar-refractivity contribution in [2.75, 3.05) is 119 Å². The number of nitrogens with zero attached hydrogens (tertiary/aromatic N) is 7. The smallest absolute Gasteiger partial charge is 0.411 e. The fraction of sp³-hybridized carbons (Fsp3) is 0.671. The van der Waals surface area contributed by atoms with E-state index in [0.29, 0.717) is 64.8 Å². The minimum atomic E-state index is -1.56. The Morgan fingerprint density at radius 1 is 0.706 bits per heavy atom. The summed E-state index contributed by atoms with van der Waals surface area (Å²) in [5, 5.41) is 22.3. The lowest BCUT2D eigenvalue weighted by molar-refractivity contribution is -0.148. The summed E-state index contributed by atoms with van der Waals surface area (Å²) in [7, 11) is 7.98. The molecule has 9 N–H and O–H groups in total. The fourth-order valence-corrected chi connectivity index (χ4v) is 16.1. The average Bonchev–Trinajstić information content (AvgIpc) is 0.836. The second kappa shape index (κ2) is 48.3. The van der Waals surface area contributed by atoms with Crippen LogP contribution < -0.4 is 43.0 Å². The molecule has 3 aliphatic heterocycles. The van der Waals surface area contributed by atoms with Gasteiger partial charge in [-0.2, -0.15) is 0 Å². The van der Waals surface area contributed by atoms with Gasteiger partial charge in [-0.25, -0.2) is 14.6 Å². The predicted octanol–water partition coefficient (Wildman–Crippen LogP) is 5.97. The van der Waals surface area contributed by atoms with Crippen LogP contribution in [0.25, 0.3) is 0 Å². The maximum absolute atomic E-state index is 15.2. The molecule has 0 radical (unpaired) electrons. The molecule has 0 bridgehead atoms. The standard InChI is InChI=1S/C85H133N15O18S/c1-18-55(8)72(64(114-16)50-68(104)99-37-23-27-63(99)73(115-17)56(9)75(105)92-62(79-88-36-47-119-79)48-57-24-20-19-21-25-57)96(14)81(110)70(53(4)5)94-78(108)71(54(6)7)97(15)84(113)118-74(82(111)98-41-39-95(13)40-42-98)58-28-30-60(31-29-58)90-76(106)61(26-22-34-89-83(86)112)91-77(107)69(52(2)3)93-66(102)33-43-116-45-46-117-44-35-87-65(101)32-38-100-67(103)49-59(80(100)109)51-85(10,11)12/h19-21,24-25,28-31,36,47,52-56,59,61-64,69-74H,18,22-23,26-27,32-35,37-46,48-51H2,1-17H3,(H,87,101)(H,90,106)(H,91,107)(H,92,105)(H,93,102)(H,94,108)(H3,86,89,112)/t55-,56+,59?,61-,62-,63-,64+,69-,70-,71-,72-,73+,74?/m0/s1. The van der Waals surface area contributed by atoms with Crippen LogP contribution in [0.15, 0.2) is 66.2 Å². The summed E-state index contributed by atoms with van der Waals surface area (Å²) in [4.78, 5) is 193. The van der Waals surface area contributed by atoms with E-state index >= 15 is 4.79 Å². The van der Waals surface area contributed by atoms with Crippen molar-refractivity contribution in [1.82, 2.24) is 66.3 Å². The molecule has 662 valence electrons. The number of thiazole rings is 1. The number of piperazine rings is 1. The van der Waals surface area contributed by atoms with E-state index in [1.54, 1.807) is 83.5 Å². The number of amides is 14. The van der Waals surface area contributed by atoms with Gasteiger partial charge < -0.3 is 86.2 Å². The first kappa shape index (κ1) is 98.6. The Kier molecular flexibility index (Phi) is 40.0. The molecule has 0 saturated carbocycles. The zero-order valence-corrected chi connectivity index (χ0v) is 73.6. The monoisotopic (exact) mass is 1680 g/mol. The average molecular weight is 1690 g/mol. The maximum atomic E-state index is 15.2. The highest BCUT2D eigenvalue weighted by atomic mass is 32.1. The number of urea groups is 1. The predicted molar refractivity (Wildman–Crippen MR) is 449 cm³/mol. The van der Waals surface area contributed by atoms with Gasteiger partial charge in [0, 0.05) is 129 Å². The number of hydrogen-bond acceptors (Lipinski definition) is 21. The van der Waals surface area contributed by atoms with Crippen LogP contribution in [0.3, 0.4) is 0 Å². The highest BCUT2D eigenvalue weighted by Crippen LogP contribution is 2.34. The van der Waals surface area contributed by atoms with Crippen LogP contribution >= 0.6 is 11.3 Å². The molecule has 34 heteroatoms. The molecule has 0 aliphatic carbocycles. The second-order valence-corrected chi connectivity index (χ2v) is 34.6. The van der Waals surface area contributed by atoms with Gasteiger partial charge in [0.1, 0.15) is 29.2 Å². The van der Waals surface area contributed by atoms with Gasteiger partial charge >= 0.3 is 12.1 Å². The van der Waals surface area contributed by atoms with Gasteiger partial charge in [0.25, 0.3) is 5.91 Å². The van der Waals surface area contributed by atoms with Crippen molar-refractivity contribution in [2.45, 2.75) is 214 Å². The lowest BCUT2D eigenvalue weighted by Crippen LogP contribution is -2.60. The van der Waals surface area contributed by atoms with Gasteiger partial charge in [-0.15, -0.1) is 11.3 Å². The van der Waals surface area contributed by atoms with Crippen molar-refractivity contribution in [3.05, 3.63) is 82.3 Å². The first-order valence-corrected chi connectivity index (χ1v) is 42.6. The number of benzene rings is 2. The van der Waals surface area contributed by atoms with Gasteiger partial charge in [-0.05, 0) is 92.4 Å². The number of rotatable bonds is 47. The number of ether oxygens (including phenoxy) is 5. The van der Waals surface area contributed by atoms with Gasteiger partial charge in [0.15, 0.2) is 0 Å². The number of primary amides is 1. The fourth-order valence-electron chi connectivity index (χ4n) is 15.5. The number of imide groups is 1. The number of anilines is 1. The molecule has 3 aromatic rings. The molecule has 3 aliphatic rings. The highest BCUT2D eigenvalue weighted by molar-refractivity contribution is 7.09. The van der Waals surface area contributed by atoms with Crippen molar-refractivity contribution >= 4 is 94.1 Å². The molecule has 2 unspecified atom stereocenters. The molecule has 13 atom stereocenters. The van der Waals surface area contributed by atoms with Crippen LogP contribution in [-0.2, 0) is 82.8 Å². The number of carbonyl (C=O) groups excluding carboxylic acids is 13. The van der Waals surface area contributed by atoms with Gasteiger partial charge in [0.2, 0.25) is 65.2 Å². The summed E-state index contributed by atoms with van der Waals surface area (Å²) in [5.41, 5.74) is 6.68. The number of nitrogens with one attached hydrogen (secondary N) is 7. The van der Waals surface area contributed by atoms with Crippen LogP contribution in [0.5, 0.6) is 0 Å². The molecule has 2 aromatic carbocycles. The SMILES string of the molecule is CC[C@H](C)[C@@H]([C@@H](CC(=O)N1CCC[C@H]1[C@H](OC)[C@@H](C)C(=O)N[C@@H](Cc1ccccc1)c1nccs1)OC)N(C)C(=O)[C@@H](NC(=O)[C@H](C(C)C)N(C)C(=O)OC(C(=O)N1CCN(C)CC1)c1ccc(NC(=O)[C@H](CCCNC(N)=O)NC(=O)[C@@H](NC(=O)CCOCCOCCNC(=O)CCN2C(=O)CC(CC(C)(C)C)C2=O)C(C)C)cc1)C(C)C. The van der Waals surface area contributed by atoms with E-state index in [1.165, 1.54) is 49.8 Å². The van der Waals surface area contributed by atoms with E-state index in [4.69, 9.17) is 29.4 Å². The summed E-state index contributed by atoms with van der Waals surface area (Å²) in [6, 6.07) is 8.84. The molecule has 4 heterocycles. The Morgan fingerprint density at radius 2 is 1.37 bits per heavy atom. The molecule has 33 nitrogen and oxygen atoms in total. The third-order valence-corrected chi connectivity index (χ3v) is 23.1. The zero-order valence-electron chi connectivity index (χ0n) is 72.8. The molecule has 0 spiro atoms. The summed E-state index contributed by atoms with van der Waals surface area (Å²) >= 11 is 1.46. The van der Waals surface area contributed by atoms with Crippen LogP contribution in [0, 0.1) is 40.9 Å². The van der Waals surface area contributed by atoms with Crippen LogP contribution in [-0.4, -0.2) is 274 Å². The number of aromatic nitrogens is 1. The lowest BCUT2D eigenvalue weighted by Gasteiger charge is -2.41. The molecule has 1 aromatic heterocycles. The summed E-state index contributed by atoms with van der Waals surface area (Å²) in [6.07, 6.45) is 0.698. The van der Waals surface area contributed by atoms with Crippen LogP contribution in [0.2, 0.25) is 0 Å². The molecular weight excluding hydrogens is 1550 g/mol. The normalized spacial score (nSPS) is 18.0. The van der Waals surface area contributed by atoms with Crippen molar-refractivity contribution in [1.29, 1.82) is 0 Å². The molecule has 6 rings (SSSR count). The molecule has 3 fully saturated rings. The van der Waals surface area contributed by atoms with E-state index in [2.05, 4.69) is 47.1 Å². The Labute approximate surface area is 705 Å². The number of carbonyl (C=O) groups is 13. The van der Waals surface area contributed by atoms with Gasteiger partial charge in [0.05, 0.1) is 69.1 Å². The van der Waals surface area contributed by atoms with E-state index in [1.807, 2.05) is 77.4 Å². The first-order valence-electron chi connectivity index (χ1n) is 41.8. The van der Waals surface area contributed by atoms with Crippen LogP contribution in [0.4, 0.5) is 15.3 Å². The number of likely N-dealkylation sites (N-methyl/N-ethyl adjacent to an activating group) is 3. The third kappa shape index (κ3) is 30.2. The number of likely N-dealkylation sites (tertiary alicyclic amines) is 2. The molecular formula is C85H133N15O18S. The molecule has 3 saturated heterocycles. The van der Waals surface area contributed by atoms with E-state index in [9.17, 15) is 57.5 Å². The van der Waals surface area contributed by atoms with Crippen molar-refractivity contribution < 1.29 is 86.0 Å². The highest BCUT2D eigenvalue weighted by Gasteiger charge is 2.46. The maximum Gasteiger partial charge on any atom is 0.411 e. The minimum Gasteiger partial charge on any atom is -0.431 e. The third-order valence-electron chi connectivity index (χ3n) is 22.2. The van der Waals surface area contributed by atoms with Crippen molar-refractivity contribution in [3.8, 4) is 0 Å². The Morgan fingerprint density at radius 3 is 1.97 bits per heavy atom. The van der Waals surface area contributed by atoms with Crippen LogP contribution in [0.1, 0.15) is 176 Å². The van der Waals surface area contributed by atoms with E-state index in [-0.39, 0.29) is 143 Å². The Bertz CT molecular complexity index is 3800. The Balaban J connectivity index is 1.07. The van der Waals surface area contributed by atoms with E-state index < -0.39 is 132 Å². The van der Waals surface area contributed by atoms with E-state index in [0.717, 1.165) is 20.4 Å². The lowest BCUT2D eigenvalue weighted by atomic mass is 9.84. The summed E-state index contributed by atoms with van der Waals surface area (Å²) in [6.45, 7) is 25.0. The number of hydrogen-bond donors (Lipinski definition) is 8. The zero-order chi connectivity index (χ0) is 88.0. The summed E-state index contributed by atoms with van der Waals surface area (Å²) < 4.78 is 29.6. The first-order chi connectivity index (χ1) is 56.4. The number of nitrogens with two attached hydrogens (primary N) is 1. The molecule has 119 heavy (non-hydrogen) atoms. The van der Waals surface area contributed by atoms with Crippen molar-refractivity contribution in [2.24, 2.45) is 46.7 Å². The molecule has 14 amide bonds. The second-order valence-electron chi connectivity index (χ2n) is 33.7. The van der Waals surface area contributed by atoms with Gasteiger partial charge in [-0.1, -0.05) is 132 Å². The number of methoxy groups -OCH3 is 2.